The number of carbonyl (C=O) groups is 1. The van der Waals surface area contributed by atoms with Crippen LogP contribution in [0.15, 0.2) is 42.5 Å². The molecule has 0 saturated heterocycles. The zero-order valence-corrected chi connectivity index (χ0v) is 17.8. The van der Waals surface area contributed by atoms with E-state index in [0.717, 1.165) is 40.4 Å². The van der Waals surface area contributed by atoms with Crippen molar-refractivity contribution in [1.82, 2.24) is 19.2 Å². The highest BCUT2D eigenvalue weighted by Crippen LogP contribution is 2.32. The fourth-order valence-corrected chi connectivity index (χ4v) is 4.08. The highest BCUT2D eigenvalue weighted by molar-refractivity contribution is 7.87. The van der Waals surface area contributed by atoms with Crippen LogP contribution in [0.2, 0.25) is 0 Å². The second kappa shape index (κ2) is 8.17. The van der Waals surface area contributed by atoms with Gasteiger partial charge in [0.25, 0.3) is 10.2 Å². The summed E-state index contributed by atoms with van der Waals surface area (Å²) in [6, 6.07) is 13.6. The second-order valence-electron chi connectivity index (χ2n) is 7.54. The zero-order valence-electron chi connectivity index (χ0n) is 17.0. The first-order valence-corrected chi connectivity index (χ1v) is 11.4. The Kier molecular flexibility index (Phi) is 5.59. The van der Waals surface area contributed by atoms with E-state index in [1.54, 1.807) is 14.0 Å². The van der Waals surface area contributed by atoms with Crippen LogP contribution in [-0.4, -0.2) is 42.4 Å². The fourth-order valence-electron chi connectivity index (χ4n) is 3.17. The van der Waals surface area contributed by atoms with Crippen LogP contribution >= 0.6 is 0 Å². The smallest absolute Gasteiger partial charge is 0.279 e. The third-order valence-corrected chi connectivity index (χ3v) is 6.92. The molecule has 1 heterocycles. The van der Waals surface area contributed by atoms with Crippen molar-refractivity contribution in [2.24, 2.45) is 5.92 Å². The minimum absolute atomic E-state index is 0.0244. The monoisotopic (exact) mass is 427 g/mol. The van der Waals surface area contributed by atoms with Crippen molar-refractivity contribution in [3.05, 3.63) is 48.0 Å². The van der Waals surface area contributed by atoms with Crippen molar-refractivity contribution >= 4 is 32.8 Å². The summed E-state index contributed by atoms with van der Waals surface area (Å²) in [5.41, 5.74) is 3.63. The number of aromatic amines is 1. The summed E-state index contributed by atoms with van der Waals surface area (Å²) in [5, 5.41) is 11.0. The molecule has 1 saturated carbocycles. The Hall–Kier alpha value is -2.75. The molecule has 1 fully saturated rings. The molecule has 0 unspecified atom stereocenters. The third kappa shape index (κ3) is 4.38. The number of aromatic nitrogens is 2. The van der Waals surface area contributed by atoms with Crippen molar-refractivity contribution in [3.8, 4) is 11.1 Å². The summed E-state index contributed by atoms with van der Waals surface area (Å²) in [4.78, 5) is 12.0. The maximum Gasteiger partial charge on any atom is 0.279 e. The quantitative estimate of drug-likeness (QED) is 0.514. The molecule has 3 aromatic rings. The van der Waals surface area contributed by atoms with Crippen LogP contribution < -0.4 is 10.0 Å². The van der Waals surface area contributed by atoms with Gasteiger partial charge in [0, 0.05) is 31.4 Å². The molecular formula is C21H25N5O3S. The van der Waals surface area contributed by atoms with Crippen LogP contribution in [-0.2, 0) is 21.5 Å². The van der Waals surface area contributed by atoms with Gasteiger partial charge < -0.3 is 5.32 Å². The molecule has 2 aromatic carbocycles. The lowest BCUT2D eigenvalue weighted by atomic mass is 10.0. The number of fused-ring (bicyclic) bond motifs is 1. The van der Waals surface area contributed by atoms with Crippen molar-refractivity contribution in [2.45, 2.75) is 26.3 Å². The Labute approximate surface area is 175 Å². The topological polar surface area (TPSA) is 107 Å². The van der Waals surface area contributed by atoms with E-state index in [0.29, 0.717) is 12.4 Å². The maximum atomic E-state index is 12.1. The number of H-pyrrole nitrogens is 1. The molecule has 30 heavy (non-hydrogen) atoms. The van der Waals surface area contributed by atoms with Gasteiger partial charge >= 0.3 is 0 Å². The van der Waals surface area contributed by atoms with Crippen molar-refractivity contribution in [2.75, 3.05) is 18.9 Å². The summed E-state index contributed by atoms with van der Waals surface area (Å²) in [5.74, 6) is 0.696. The first-order chi connectivity index (χ1) is 14.4. The minimum Gasteiger partial charge on any atom is -0.308 e. The summed E-state index contributed by atoms with van der Waals surface area (Å²) < 4.78 is 28.1. The Morgan fingerprint density at radius 3 is 2.70 bits per heavy atom. The molecule has 1 aliphatic rings. The van der Waals surface area contributed by atoms with E-state index in [1.807, 2.05) is 42.5 Å². The summed E-state index contributed by atoms with van der Waals surface area (Å²) in [6.45, 7) is 2.40. The normalized spacial score (nSPS) is 14.4. The van der Waals surface area contributed by atoms with Crippen molar-refractivity contribution in [1.29, 1.82) is 0 Å². The number of carbonyl (C=O) groups excluding carboxylic acids is 1. The van der Waals surface area contributed by atoms with E-state index in [2.05, 4.69) is 20.2 Å². The van der Waals surface area contributed by atoms with Gasteiger partial charge in [-0.05, 0) is 47.7 Å². The Morgan fingerprint density at radius 1 is 1.20 bits per heavy atom. The largest absolute Gasteiger partial charge is 0.308 e. The predicted molar refractivity (Wildman–Crippen MR) is 117 cm³/mol. The molecule has 0 atom stereocenters. The molecule has 0 aliphatic heterocycles. The molecule has 1 amide bonds. The number of rotatable bonds is 8. The van der Waals surface area contributed by atoms with Crippen LogP contribution in [0.4, 0.5) is 5.82 Å². The van der Waals surface area contributed by atoms with Gasteiger partial charge in [-0.25, -0.2) is 0 Å². The van der Waals surface area contributed by atoms with E-state index >= 15 is 0 Å². The Morgan fingerprint density at radius 2 is 1.97 bits per heavy atom. The molecule has 3 N–H and O–H groups in total. The van der Waals surface area contributed by atoms with E-state index in [1.165, 1.54) is 4.31 Å². The first-order valence-electron chi connectivity index (χ1n) is 9.96. The van der Waals surface area contributed by atoms with Crippen LogP contribution in [0.3, 0.4) is 0 Å². The van der Waals surface area contributed by atoms with Gasteiger partial charge in [-0.1, -0.05) is 31.2 Å². The molecule has 0 bridgehead atoms. The number of hydrogen-bond donors (Lipinski definition) is 3. The molecule has 9 heteroatoms. The maximum absolute atomic E-state index is 12.1. The number of anilines is 1. The third-order valence-electron chi connectivity index (χ3n) is 5.33. The highest BCUT2D eigenvalue weighted by Gasteiger charge is 2.30. The number of amides is 1. The lowest BCUT2D eigenvalue weighted by Crippen LogP contribution is -2.37. The van der Waals surface area contributed by atoms with Crippen LogP contribution in [0.25, 0.3) is 22.0 Å². The molecule has 1 aromatic heterocycles. The van der Waals surface area contributed by atoms with Gasteiger partial charge in [0.05, 0.1) is 5.52 Å². The molecule has 4 rings (SSSR count). The van der Waals surface area contributed by atoms with E-state index < -0.39 is 10.2 Å². The van der Waals surface area contributed by atoms with E-state index in [-0.39, 0.29) is 18.4 Å². The molecule has 1 aliphatic carbocycles. The molecule has 8 nitrogen and oxygen atoms in total. The summed E-state index contributed by atoms with van der Waals surface area (Å²) in [7, 11) is -1.95. The Bertz CT molecular complexity index is 1180. The van der Waals surface area contributed by atoms with Gasteiger partial charge in [-0.3, -0.25) is 9.89 Å². The zero-order chi connectivity index (χ0) is 21.3. The van der Waals surface area contributed by atoms with E-state index in [4.69, 9.17) is 0 Å². The average Bonchev–Trinajstić information content (AvgIpc) is 3.54. The lowest BCUT2D eigenvalue weighted by molar-refractivity contribution is -0.117. The predicted octanol–water partition coefficient (Wildman–Crippen LogP) is 2.86. The minimum atomic E-state index is -3.49. The van der Waals surface area contributed by atoms with Gasteiger partial charge in [-0.2, -0.15) is 22.5 Å². The summed E-state index contributed by atoms with van der Waals surface area (Å²) in [6.07, 6.45) is 1.89. The number of benzene rings is 2. The average molecular weight is 428 g/mol. The number of nitrogens with one attached hydrogen (secondary N) is 3. The molecule has 0 radical (unpaired) electrons. The standard InChI is InChI=1S/C21H25N5O3S/c1-3-26(2)30(28,29)22-13-14-5-4-6-16(11-14)17-9-10-18-19(12-17)24-25-20(18)23-21(27)15-7-8-15/h4-6,9-12,15,22H,3,7-8,13H2,1-2H3,(H2,23,24,25,27). The molecule has 158 valence electrons. The lowest BCUT2D eigenvalue weighted by Gasteiger charge is -2.15. The van der Waals surface area contributed by atoms with Gasteiger partial charge in [0.1, 0.15) is 0 Å². The SMILES string of the molecule is CCN(C)S(=O)(=O)NCc1cccc(-c2ccc3c(NC(=O)C4CC4)n[nH]c3c2)c1. The first kappa shape index (κ1) is 20.5. The van der Waals surface area contributed by atoms with Crippen molar-refractivity contribution in [3.63, 3.8) is 0 Å². The molecule has 0 spiro atoms. The van der Waals surface area contributed by atoms with Crippen molar-refractivity contribution < 1.29 is 13.2 Å². The van der Waals surface area contributed by atoms with Crippen LogP contribution in [0.1, 0.15) is 25.3 Å². The summed E-state index contributed by atoms with van der Waals surface area (Å²) >= 11 is 0. The van der Waals surface area contributed by atoms with Gasteiger partial charge in [0.2, 0.25) is 5.91 Å². The number of nitrogens with zero attached hydrogens (tertiary/aromatic N) is 2. The van der Waals surface area contributed by atoms with Crippen LogP contribution in [0.5, 0.6) is 0 Å². The van der Waals surface area contributed by atoms with Crippen LogP contribution in [0, 0.1) is 5.92 Å². The number of hydrogen-bond acceptors (Lipinski definition) is 4. The molecular weight excluding hydrogens is 402 g/mol. The highest BCUT2D eigenvalue weighted by atomic mass is 32.2. The van der Waals surface area contributed by atoms with Gasteiger partial charge in [-0.15, -0.1) is 0 Å². The second-order valence-corrected chi connectivity index (χ2v) is 9.40. The van der Waals surface area contributed by atoms with E-state index in [9.17, 15) is 13.2 Å². The fraction of sp³-hybridized carbons (Fsp3) is 0.333. The Balaban J connectivity index is 1.52. The van der Waals surface area contributed by atoms with Gasteiger partial charge in [0.15, 0.2) is 5.82 Å².